The first-order chi connectivity index (χ1) is 44.2. The molecule has 3 aromatic carbocycles. The van der Waals surface area contributed by atoms with E-state index in [4.69, 9.17) is 54.2 Å². The highest BCUT2D eigenvalue weighted by Crippen LogP contribution is 2.49. The third-order valence-corrected chi connectivity index (χ3v) is 17.2. The predicted molar refractivity (Wildman–Crippen MR) is 343 cm³/mol. The van der Waals surface area contributed by atoms with Crippen LogP contribution in [0.5, 0.6) is 5.75 Å². The molecule has 0 aromatic heterocycles. The Morgan fingerprint density at radius 2 is 1.49 bits per heavy atom. The minimum Gasteiger partial charge on any atom is -0.495 e. The van der Waals surface area contributed by atoms with E-state index in [-0.39, 0.29) is 73.8 Å². The van der Waals surface area contributed by atoms with E-state index < -0.39 is 65.7 Å². The van der Waals surface area contributed by atoms with Gasteiger partial charge in [-0.25, -0.2) is 9.59 Å². The van der Waals surface area contributed by atoms with Gasteiger partial charge in [0.05, 0.1) is 90.4 Å². The van der Waals surface area contributed by atoms with Gasteiger partial charge in [-0.2, -0.15) is 0 Å². The number of ether oxygens (including phenoxy) is 9. The van der Waals surface area contributed by atoms with Gasteiger partial charge in [-0.3, -0.25) is 29.3 Å². The fourth-order valence-corrected chi connectivity index (χ4v) is 11.4. The number of para-hydroxylation sites is 1. The fraction of sp³-hybridized carbons (Fsp3) is 0.544. The van der Waals surface area contributed by atoms with E-state index in [0.717, 1.165) is 33.5 Å². The first-order valence-corrected chi connectivity index (χ1v) is 31.7. The van der Waals surface area contributed by atoms with Gasteiger partial charge in [0.1, 0.15) is 40.7 Å². The van der Waals surface area contributed by atoms with Crippen LogP contribution in [0.15, 0.2) is 84.5 Å². The second-order valence-electron chi connectivity index (χ2n) is 23.5. The van der Waals surface area contributed by atoms with Gasteiger partial charge in [0, 0.05) is 83.4 Å². The van der Waals surface area contributed by atoms with Crippen LogP contribution < -0.4 is 30.5 Å². The van der Waals surface area contributed by atoms with E-state index in [2.05, 4.69) is 27.8 Å². The number of rotatable bonds is 29. The number of esters is 1. The van der Waals surface area contributed by atoms with Gasteiger partial charge >= 0.3 is 12.1 Å². The van der Waals surface area contributed by atoms with Crippen molar-refractivity contribution in [2.45, 2.75) is 140 Å². The highest BCUT2D eigenvalue weighted by Gasteiger charge is 2.64. The molecule has 0 saturated carbocycles. The summed E-state index contributed by atoms with van der Waals surface area (Å²) in [4.78, 5) is 97.7. The Balaban J connectivity index is 0.739. The number of epoxide rings is 1. The van der Waals surface area contributed by atoms with Crippen molar-refractivity contribution in [2.75, 3.05) is 104 Å². The molecule has 24 heteroatoms. The number of benzene rings is 3. The van der Waals surface area contributed by atoms with E-state index in [0.29, 0.717) is 103 Å². The van der Waals surface area contributed by atoms with Crippen LogP contribution in [0.1, 0.15) is 108 Å². The molecule has 2 fully saturated rings. The van der Waals surface area contributed by atoms with Crippen molar-refractivity contribution in [3.63, 3.8) is 0 Å². The van der Waals surface area contributed by atoms with Crippen LogP contribution in [-0.2, 0) is 79.6 Å². The van der Waals surface area contributed by atoms with E-state index in [1.165, 1.54) is 38.0 Å². The number of carbonyl (C=O) groups excluding carboxylic acids is 7. The molecular formula is C68H89ClN6O17. The Morgan fingerprint density at radius 1 is 0.837 bits per heavy atom. The maximum atomic E-state index is 14.4. The Morgan fingerprint density at radius 3 is 2.21 bits per heavy atom. The van der Waals surface area contributed by atoms with Crippen molar-refractivity contribution in [3.05, 3.63) is 112 Å². The van der Waals surface area contributed by atoms with E-state index in [1.807, 2.05) is 61.5 Å². The average Bonchev–Trinajstić information content (AvgIpc) is 1.58. The monoisotopic (exact) mass is 1300 g/mol. The van der Waals surface area contributed by atoms with Crippen LogP contribution in [0.4, 0.5) is 16.2 Å². The number of alkyl carbamates (subject to hydrolysis) is 1. The van der Waals surface area contributed by atoms with Crippen LogP contribution in [0.25, 0.3) is 0 Å². The Bertz CT molecular complexity index is 3190. The lowest BCUT2D eigenvalue weighted by Gasteiger charge is -2.42. The quantitative estimate of drug-likeness (QED) is 0.0250. The SMILES string of the molecule is COc1cc2cc(c1Cl)N(C)C(=O)C[C@H](OC(=O)[C@H](C)N(C)C(=O)CCCCCNC(=O)CCOCCOCCOCCOCCNC(=O)CCC(=O)N1Cc3ccccc3C#Cc3ccccc31)[C@]1(C)O[C@H]1[C@H](C)[C@@H]1C[C@@](O)(NC(=O)O1)[C@H](OC)/C=C/C=C(\C)C2. The summed E-state index contributed by atoms with van der Waals surface area (Å²) in [6.45, 7) is 10.5. The van der Waals surface area contributed by atoms with Crippen molar-refractivity contribution in [3.8, 4) is 17.6 Å². The lowest BCUT2D eigenvalue weighted by Crippen LogP contribution is -2.63. The number of nitrogens with one attached hydrogen (secondary N) is 3. The largest absolute Gasteiger partial charge is 0.495 e. The number of unbranched alkanes of at least 4 members (excludes halogenated alkanes) is 2. The van der Waals surface area contributed by atoms with Crippen LogP contribution in [0, 0.1) is 17.8 Å². The van der Waals surface area contributed by atoms with Gasteiger partial charge in [-0.05, 0) is 81.5 Å². The number of amides is 6. The van der Waals surface area contributed by atoms with Gasteiger partial charge < -0.3 is 73.1 Å². The first kappa shape index (κ1) is 72.0. The minimum atomic E-state index is -1.87. The van der Waals surface area contributed by atoms with Crippen molar-refractivity contribution in [1.82, 2.24) is 20.9 Å². The molecule has 4 bridgehead atoms. The number of nitrogens with zero attached hydrogens (tertiary/aromatic N) is 3. The van der Waals surface area contributed by atoms with E-state index >= 15 is 0 Å². The van der Waals surface area contributed by atoms with Crippen molar-refractivity contribution >= 4 is 64.6 Å². The molecule has 4 aliphatic heterocycles. The molecule has 2 saturated heterocycles. The molecule has 500 valence electrons. The van der Waals surface area contributed by atoms with E-state index in [1.54, 1.807) is 50.1 Å². The maximum Gasteiger partial charge on any atom is 0.409 e. The smallest absolute Gasteiger partial charge is 0.409 e. The van der Waals surface area contributed by atoms with Crippen LogP contribution >= 0.6 is 11.6 Å². The molecule has 3 aromatic rings. The molecule has 0 spiro atoms. The average molecular weight is 1300 g/mol. The Hall–Kier alpha value is -7.40. The molecule has 4 N–H and O–H groups in total. The number of halogens is 1. The summed E-state index contributed by atoms with van der Waals surface area (Å²) in [6.07, 6.45) is 2.71. The molecule has 6 amide bonds. The number of carbonyl (C=O) groups is 7. The molecular weight excluding hydrogens is 1210 g/mol. The molecule has 23 nitrogen and oxygen atoms in total. The lowest BCUT2D eigenvalue weighted by atomic mass is 9.83. The highest BCUT2D eigenvalue weighted by atomic mass is 35.5. The maximum absolute atomic E-state index is 14.4. The first-order valence-electron chi connectivity index (χ1n) is 31.3. The number of likely N-dealkylation sites (N-methyl/N-ethyl adjacent to an activating group) is 1. The van der Waals surface area contributed by atoms with Gasteiger partial charge in [-0.15, -0.1) is 0 Å². The Kier molecular flexibility index (Phi) is 27.4. The number of anilines is 2. The van der Waals surface area contributed by atoms with Crippen LogP contribution in [-0.4, -0.2) is 188 Å². The third-order valence-electron chi connectivity index (χ3n) is 16.8. The summed E-state index contributed by atoms with van der Waals surface area (Å²) in [5.74, 6) is 4.05. The summed E-state index contributed by atoms with van der Waals surface area (Å²) in [5, 5.41) is 20.3. The summed E-state index contributed by atoms with van der Waals surface area (Å²) >= 11 is 6.83. The molecule has 4 heterocycles. The minimum absolute atomic E-state index is 0.0464. The molecule has 7 rings (SSSR count). The second-order valence-corrected chi connectivity index (χ2v) is 23.9. The van der Waals surface area contributed by atoms with Crippen molar-refractivity contribution in [2.24, 2.45) is 5.92 Å². The predicted octanol–water partition coefficient (Wildman–Crippen LogP) is 6.49. The van der Waals surface area contributed by atoms with Crippen LogP contribution in [0.2, 0.25) is 5.02 Å². The van der Waals surface area contributed by atoms with E-state index in [9.17, 15) is 38.7 Å². The molecule has 0 radical (unpaired) electrons. The number of fused-ring (bicyclic) bond motifs is 7. The fourth-order valence-electron chi connectivity index (χ4n) is 11.1. The second kappa shape index (κ2) is 35.0. The number of allylic oxidation sites excluding steroid dienone is 3. The molecule has 0 unspecified atom stereocenters. The zero-order valence-corrected chi connectivity index (χ0v) is 54.8. The van der Waals surface area contributed by atoms with Crippen LogP contribution in [0.3, 0.4) is 0 Å². The van der Waals surface area contributed by atoms with Gasteiger partial charge in [0.2, 0.25) is 29.5 Å². The standard InChI is InChI=1S/C68H89ClN6O17/c1-45-17-16-22-56(85-8)68(83)43-55(90-66(82)72-68)46(2)64-67(4,92-64)57(42-62(80)74(6)53-40-48(39-45)41-54(84-7)63(53)69)91-65(81)47(3)73(5)60(78)23-10-9-15-29-70-59(77)28-31-86-33-35-88-37-38-89-36-34-87-32-30-71-58(76)26-27-61(79)75-44-51-20-12-11-18-49(51)24-25-50-19-13-14-21-52(50)75/h11-14,16-22,40-41,46-47,55-57,64,83H,9-10,15,23,26-39,42-44H2,1-8H3,(H,70,77)(H,71,76)(H,72,82)/b22-16+,45-17+/t46-,47+,55+,56-,57+,64+,67+,68+/m1/s1. The lowest BCUT2D eigenvalue weighted by molar-refractivity contribution is -0.162. The highest BCUT2D eigenvalue weighted by molar-refractivity contribution is 6.35. The number of aliphatic hydroxyl groups is 1. The number of methoxy groups -OCH3 is 2. The zero-order chi connectivity index (χ0) is 66.4. The Labute approximate surface area is 544 Å². The molecule has 0 aliphatic carbocycles. The van der Waals surface area contributed by atoms with Gasteiger partial charge in [0.25, 0.3) is 0 Å². The van der Waals surface area contributed by atoms with Crippen molar-refractivity contribution in [1.29, 1.82) is 0 Å². The number of hydrogen-bond acceptors (Lipinski definition) is 17. The topological polar surface area (TPSA) is 272 Å². The zero-order valence-electron chi connectivity index (χ0n) is 54.0. The molecule has 8 atom stereocenters. The van der Waals surface area contributed by atoms with Gasteiger partial charge in [-0.1, -0.05) is 90.9 Å². The normalized spacial score (nSPS) is 23.2. The summed E-state index contributed by atoms with van der Waals surface area (Å²) in [5.41, 5.74) is 2.21. The molecule has 92 heavy (non-hydrogen) atoms. The third kappa shape index (κ3) is 20.3. The summed E-state index contributed by atoms with van der Waals surface area (Å²) in [6, 6.07) is 17.8. The summed E-state index contributed by atoms with van der Waals surface area (Å²) < 4.78 is 51.7. The summed E-state index contributed by atoms with van der Waals surface area (Å²) in [7, 11) is 5.97. The van der Waals surface area contributed by atoms with Crippen molar-refractivity contribution < 1.29 is 81.3 Å². The van der Waals surface area contributed by atoms with Gasteiger partial charge in [0.15, 0.2) is 5.72 Å². The molecule has 4 aliphatic rings. The number of hydrogen-bond donors (Lipinski definition) is 4.